The summed E-state index contributed by atoms with van der Waals surface area (Å²) >= 11 is 0. The number of H-pyrrole nitrogens is 1. The summed E-state index contributed by atoms with van der Waals surface area (Å²) in [5.74, 6) is 1.39. The molecule has 0 fully saturated rings. The SMILES string of the molecule is CNCCC(=O)Nc1cc(-c2n[nH]c(C)n2)ccc1C.Cl. The highest BCUT2D eigenvalue weighted by molar-refractivity contribution is 5.92. The summed E-state index contributed by atoms with van der Waals surface area (Å²) in [5, 5.41) is 12.8. The maximum absolute atomic E-state index is 11.8. The van der Waals surface area contributed by atoms with E-state index in [4.69, 9.17) is 0 Å². The van der Waals surface area contributed by atoms with E-state index in [1.165, 1.54) is 0 Å². The van der Waals surface area contributed by atoms with E-state index in [0.29, 0.717) is 18.8 Å². The molecular weight excluding hydrogens is 290 g/mol. The van der Waals surface area contributed by atoms with Gasteiger partial charge in [-0.2, -0.15) is 5.10 Å². The topological polar surface area (TPSA) is 82.7 Å². The number of nitrogens with one attached hydrogen (secondary N) is 3. The van der Waals surface area contributed by atoms with Gasteiger partial charge >= 0.3 is 0 Å². The average molecular weight is 310 g/mol. The van der Waals surface area contributed by atoms with Gasteiger partial charge < -0.3 is 10.6 Å². The molecule has 21 heavy (non-hydrogen) atoms. The summed E-state index contributed by atoms with van der Waals surface area (Å²) in [6.07, 6.45) is 0.444. The quantitative estimate of drug-likeness (QED) is 0.789. The third-order valence-electron chi connectivity index (χ3n) is 2.97. The minimum absolute atomic E-state index is 0. The van der Waals surface area contributed by atoms with Gasteiger partial charge in [0.1, 0.15) is 5.82 Å². The lowest BCUT2D eigenvalue weighted by Crippen LogP contribution is -2.19. The predicted octanol–water partition coefficient (Wildman–Crippen LogP) is 2.06. The van der Waals surface area contributed by atoms with Crippen LogP contribution in [0.1, 0.15) is 17.8 Å². The second kappa shape index (κ2) is 7.75. The molecule has 0 bridgehead atoms. The molecule has 0 unspecified atom stereocenters. The van der Waals surface area contributed by atoms with Crippen molar-refractivity contribution in [3.63, 3.8) is 0 Å². The number of anilines is 1. The molecule has 114 valence electrons. The minimum Gasteiger partial charge on any atom is -0.326 e. The maximum Gasteiger partial charge on any atom is 0.225 e. The molecule has 0 saturated heterocycles. The van der Waals surface area contributed by atoms with Crippen molar-refractivity contribution in [1.82, 2.24) is 20.5 Å². The first-order valence-corrected chi connectivity index (χ1v) is 6.54. The number of aromatic amines is 1. The molecule has 3 N–H and O–H groups in total. The van der Waals surface area contributed by atoms with Crippen molar-refractivity contribution in [3.05, 3.63) is 29.6 Å². The van der Waals surface area contributed by atoms with Gasteiger partial charge in [-0.3, -0.25) is 9.89 Å². The zero-order valence-corrected chi connectivity index (χ0v) is 13.2. The highest BCUT2D eigenvalue weighted by Crippen LogP contribution is 2.23. The fourth-order valence-electron chi connectivity index (χ4n) is 1.82. The lowest BCUT2D eigenvalue weighted by Gasteiger charge is -2.09. The van der Waals surface area contributed by atoms with Gasteiger partial charge in [0.25, 0.3) is 0 Å². The smallest absolute Gasteiger partial charge is 0.225 e. The number of benzene rings is 1. The van der Waals surface area contributed by atoms with E-state index in [1.54, 1.807) is 0 Å². The van der Waals surface area contributed by atoms with E-state index >= 15 is 0 Å². The number of rotatable bonds is 5. The maximum atomic E-state index is 11.8. The largest absolute Gasteiger partial charge is 0.326 e. The van der Waals surface area contributed by atoms with E-state index in [1.807, 2.05) is 39.1 Å². The van der Waals surface area contributed by atoms with Gasteiger partial charge in [0, 0.05) is 24.2 Å². The van der Waals surface area contributed by atoms with Crippen LogP contribution in [-0.2, 0) is 4.79 Å². The third kappa shape index (κ3) is 4.54. The molecule has 2 rings (SSSR count). The lowest BCUT2D eigenvalue weighted by molar-refractivity contribution is -0.116. The fraction of sp³-hybridized carbons (Fsp3) is 0.357. The van der Waals surface area contributed by atoms with Crippen LogP contribution in [0.25, 0.3) is 11.4 Å². The molecule has 1 aromatic heterocycles. The van der Waals surface area contributed by atoms with E-state index in [-0.39, 0.29) is 18.3 Å². The number of aromatic nitrogens is 3. The number of aryl methyl sites for hydroxylation is 2. The Morgan fingerprint density at radius 3 is 2.71 bits per heavy atom. The van der Waals surface area contributed by atoms with Crippen LogP contribution >= 0.6 is 12.4 Å². The number of carbonyl (C=O) groups excluding carboxylic acids is 1. The van der Waals surface area contributed by atoms with Crippen LogP contribution < -0.4 is 10.6 Å². The summed E-state index contributed by atoms with van der Waals surface area (Å²) in [7, 11) is 1.82. The van der Waals surface area contributed by atoms with Crippen LogP contribution in [0.3, 0.4) is 0 Å². The van der Waals surface area contributed by atoms with Gasteiger partial charge in [-0.15, -0.1) is 12.4 Å². The van der Waals surface area contributed by atoms with E-state index in [2.05, 4.69) is 25.8 Å². The number of carbonyl (C=O) groups is 1. The number of amides is 1. The molecule has 0 saturated carbocycles. The molecule has 1 aromatic carbocycles. The Hall–Kier alpha value is -1.92. The van der Waals surface area contributed by atoms with Crippen molar-refractivity contribution in [2.75, 3.05) is 18.9 Å². The van der Waals surface area contributed by atoms with Crippen LogP contribution in [0.5, 0.6) is 0 Å². The molecule has 0 aliphatic rings. The number of hydrogen-bond donors (Lipinski definition) is 3. The molecule has 2 aromatic rings. The second-order valence-corrected chi connectivity index (χ2v) is 4.68. The van der Waals surface area contributed by atoms with E-state index < -0.39 is 0 Å². The molecular formula is C14H20ClN5O. The molecule has 1 heterocycles. The van der Waals surface area contributed by atoms with Crippen molar-refractivity contribution in [1.29, 1.82) is 0 Å². The number of halogens is 1. The molecule has 0 spiro atoms. The van der Waals surface area contributed by atoms with Crippen molar-refractivity contribution in [2.45, 2.75) is 20.3 Å². The highest BCUT2D eigenvalue weighted by Gasteiger charge is 2.09. The molecule has 0 atom stereocenters. The van der Waals surface area contributed by atoms with Crippen LogP contribution in [-0.4, -0.2) is 34.7 Å². The lowest BCUT2D eigenvalue weighted by atomic mass is 10.1. The normalized spacial score (nSPS) is 10.0. The van der Waals surface area contributed by atoms with Crippen LogP contribution in [0, 0.1) is 13.8 Å². The summed E-state index contributed by atoms with van der Waals surface area (Å²) in [4.78, 5) is 16.1. The Labute approximate surface area is 130 Å². The first-order valence-electron chi connectivity index (χ1n) is 6.54. The molecule has 1 amide bonds. The molecule has 0 aliphatic carbocycles. The van der Waals surface area contributed by atoms with Crippen LogP contribution in [0.15, 0.2) is 18.2 Å². The van der Waals surface area contributed by atoms with Crippen molar-refractivity contribution in [2.24, 2.45) is 0 Å². The standard InChI is InChI=1S/C14H19N5O.ClH/c1-9-4-5-11(14-16-10(2)18-19-14)8-12(9)17-13(20)6-7-15-3;/h4-5,8,15H,6-7H2,1-3H3,(H,17,20)(H,16,18,19);1H. The second-order valence-electron chi connectivity index (χ2n) is 4.68. The average Bonchev–Trinajstić information content (AvgIpc) is 2.85. The summed E-state index contributed by atoms with van der Waals surface area (Å²) in [6.45, 7) is 4.47. The first kappa shape index (κ1) is 17.1. The highest BCUT2D eigenvalue weighted by atomic mass is 35.5. The summed E-state index contributed by atoms with van der Waals surface area (Å²) < 4.78 is 0. The van der Waals surface area contributed by atoms with Gasteiger partial charge in [-0.1, -0.05) is 12.1 Å². The van der Waals surface area contributed by atoms with Crippen LogP contribution in [0.2, 0.25) is 0 Å². The number of nitrogens with zero attached hydrogens (tertiary/aromatic N) is 2. The molecule has 0 radical (unpaired) electrons. The Bertz CT molecular complexity index is 611. The Kier molecular flexibility index (Phi) is 6.33. The van der Waals surface area contributed by atoms with Crippen LogP contribution in [0.4, 0.5) is 5.69 Å². The monoisotopic (exact) mass is 309 g/mol. The van der Waals surface area contributed by atoms with Gasteiger partial charge in [0.15, 0.2) is 5.82 Å². The zero-order chi connectivity index (χ0) is 14.5. The predicted molar refractivity (Wildman–Crippen MR) is 85.7 cm³/mol. The Balaban J connectivity index is 0.00000220. The van der Waals surface area contributed by atoms with Gasteiger partial charge in [0.05, 0.1) is 0 Å². The van der Waals surface area contributed by atoms with Crippen molar-refractivity contribution < 1.29 is 4.79 Å². The molecule has 6 nitrogen and oxygen atoms in total. The van der Waals surface area contributed by atoms with Crippen molar-refractivity contribution in [3.8, 4) is 11.4 Å². The van der Waals surface area contributed by atoms with Gasteiger partial charge in [0.2, 0.25) is 5.91 Å². The van der Waals surface area contributed by atoms with E-state index in [0.717, 1.165) is 22.6 Å². The number of hydrogen-bond acceptors (Lipinski definition) is 4. The first-order chi connectivity index (χ1) is 9.60. The Morgan fingerprint density at radius 1 is 1.33 bits per heavy atom. The zero-order valence-electron chi connectivity index (χ0n) is 12.4. The van der Waals surface area contributed by atoms with Gasteiger partial charge in [-0.25, -0.2) is 4.98 Å². The minimum atomic E-state index is -0.00855. The Morgan fingerprint density at radius 2 is 2.10 bits per heavy atom. The van der Waals surface area contributed by atoms with E-state index in [9.17, 15) is 4.79 Å². The summed E-state index contributed by atoms with van der Waals surface area (Å²) in [6, 6.07) is 5.80. The third-order valence-corrected chi connectivity index (χ3v) is 2.97. The molecule has 0 aliphatic heterocycles. The van der Waals surface area contributed by atoms with Crippen molar-refractivity contribution >= 4 is 24.0 Å². The van der Waals surface area contributed by atoms with Gasteiger partial charge in [-0.05, 0) is 32.5 Å². The fourth-order valence-corrected chi connectivity index (χ4v) is 1.82. The summed E-state index contributed by atoms with van der Waals surface area (Å²) in [5.41, 5.74) is 2.69. The molecule has 7 heteroatoms.